The van der Waals surface area contributed by atoms with E-state index in [1.54, 1.807) is 12.5 Å². The first kappa shape index (κ1) is 15.8. The summed E-state index contributed by atoms with van der Waals surface area (Å²) in [6.45, 7) is 1.44. The number of aromatic nitrogens is 2. The number of para-hydroxylation sites is 1. The summed E-state index contributed by atoms with van der Waals surface area (Å²) in [5.74, 6) is 0. The SMILES string of the molecule is O=C(NCCCn1ccnc1)Nc1ccccc1-c1ccccc1. The second kappa shape index (κ2) is 7.97. The van der Waals surface area contributed by atoms with E-state index in [0.29, 0.717) is 6.54 Å². The highest BCUT2D eigenvalue weighted by atomic mass is 16.2. The molecule has 5 nitrogen and oxygen atoms in total. The molecule has 1 heterocycles. The molecule has 0 saturated carbocycles. The molecule has 0 atom stereocenters. The predicted molar refractivity (Wildman–Crippen MR) is 95.7 cm³/mol. The molecule has 5 heteroatoms. The van der Waals surface area contributed by atoms with Crippen molar-refractivity contribution in [1.29, 1.82) is 0 Å². The maximum atomic E-state index is 12.1. The molecule has 1 aromatic heterocycles. The van der Waals surface area contributed by atoms with E-state index in [1.165, 1.54) is 0 Å². The number of anilines is 1. The van der Waals surface area contributed by atoms with Gasteiger partial charge in [0.1, 0.15) is 0 Å². The molecule has 0 spiro atoms. The van der Waals surface area contributed by atoms with Gasteiger partial charge in [-0.2, -0.15) is 0 Å². The van der Waals surface area contributed by atoms with E-state index in [4.69, 9.17) is 0 Å². The van der Waals surface area contributed by atoms with E-state index in [2.05, 4.69) is 15.6 Å². The number of amides is 2. The van der Waals surface area contributed by atoms with Crippen molar-refractivity contribution in [3.05, 3.63) is 73.3 Å². The maximum absolute atomic E-state index is 12.1. The van der Waals surface area contributed by atoms with Gasteiger partial charge < -0.3 is 15.2 Å². The highest BCUT2D eigenvalue weighted by Gasteiger charge is 2.07. The van der Waals surface area contributed by atoms with E-state index >= 15 is 0 Å². The van der Waals surface area contributed by atoms with Gasteiger partial charge in [0, 0.05) is 31.0 Å². The van der Waals surface area contributed by atoms with Crippen molar-refractivity contribution in [1.82, 2.24) is 14.9 Å². The number of hydrogen-bond acceptors (Lipinski definition) is 2. The minimum atomic E-state index is -0.191. The largest absolute Gasteiger partial charge is 0.338 e. The van der Waals surface area contributed by atoms with Gasteiger partial charge in [-0.25, -0.2) is 9.78 Å². The van der Waals surface area contributed by atoms with Crippen molar-refractivity contribution in [2.45, 2.75) is 13.0 Å². The van der Waals surface area contributed by atoms with Gasteiger partial charge in [-0.3, -0.25) is 0 Å². The first-order valence-corrected chi connectivity index (χ1v) is 7.98. The Balaban J connectivity index is 1.55. The van der Waals surface area contributed by atoms with E-state index in [9.17, 15) is 4.79 Å². The van der Waals surface area contributed by atoms with Crippen LogP contribution in [0.15, 0.2) is 73.3 Å². The molecule has 3 rings (SSSR count). The van der Waals surface area contributed by atoms with Crippen molar-refractivity contribution < 1.29 is 4.79 Å². The number of imidazole rings is 1. The van der Waals surface area contributed by atoms with Crippen LogP contribution in [-0.4, -0.2) is 22.1 Å². The van der Waals surface area contributed by atoms with Crippen molar-refractivity contribution in [3.63, 3.8) is 0 Å². The van der Waals surface area contributed by atoms with Crippen LogP contribution >= 0.6 is 0 Å². The Morgan fingerprint density at radius 1 is 1.04 bits per heavy atom. The Morgan fingerprint density at radius 3 is 2.62 bits per heavy atom. The van der Waals surface area contributed by atoms with Gasteiger partial charge in [0.15, 0.2) is 0 Å². The third-order valence-electron chi connectivity index (χ3n) is 3.70. The molecule has 2 aromatic carbocycles. The number of nitrogens with zero attached hydrogens (tertiary/aromatic N) is 2. The lowest BCUT2D eigenvalue weighted by Crippen LogP contribution is -2.30. The molecular formula is C19H20N4O. The zero-order valence-electron chi connectivity index (χ0n) is 13.4. The molecular weight excluding hydrogens is 300 g/mol. The smallest absolute Gasteiger partial charge is 0.319 e. The summed E-state index contributed by atoms with van der Waals surface area (Å²) in [6, 6.07) is 17.6. The van der Waals surface area contributed by atoms with Crippen LogP contribution in [0.2, 0.25) is 0 Å². The quantitative estimate of drug-likeness (QED) is 0.679. The zero-order chi connectivity index (χ0) is 16.6. The Kier molecular flexibility index (Phi) is 5.24. The maximum Gasteiger partial charge on any atom is 0.319 e. The van der Waals surface area contributed by atoms with Crippen LogP contribution in [0.4, 0.5) is 10.5 Å². The highest BCUT2D eigenvalue weighted by Crippen LogP contribution is 2.27. The summed E-state index contributed by atoms with van der Waals surface area (Å²) in [4.78, 5) is 16.1. The third-order valence-corrected chi connectivity index (χ3v) is 3.70. The fourth-order valence-corrected chi connectivity index (χ4v) is 2.51. The summed E-state index contributed by atoms with van der Waals surface area (Å²) < 4.78 is 1.99. The first-order valence-electron chi connectivity index (χ1n) is 7.98. The average Bonchev–Trinajstić information content (AvgIpc) is 3.13. The second-order valence-corrected chi connectivity index (χ2v) is 5.45. The molecule has 0 bridgehead atoms. The molecule has 3 aromatic rings. The van der Waals surface area contributed by atoms with Gasteiger partial charge in [0.25, 0.3) is 0 Å². The second-order valence-electron chi connectivity index (χ2n) is 5.45. The minimum Gasteiger partial charge on any atom is -0.338 e. The summed E-state index contributed by atoms with van der Waals surface area (Å²) in [7, 11) is 0. The van der Waals surface area contributed by atoms with Crippen LogP contribution in [0.3, 0.4) is 0 Å². The molecule has 2 N–H and O–H groups in total. The summed E-state index contributed by atoms with van der Waals surface area (Å²) >= 11 is 0. The number of carbonyl (C=O) groups is 1. The number of aryl methyl sites for hydroxylation is 1. The third kappa shape index (κ3) is 4.23. The van der Waals surface area contributed by atoms with Crippen LogP contribution in [0, 0.1) is 0 Å². The molecule has 0 radical (unpaired) electrons. The highest BCUT2D eigenvalue weighted by molar-refractivity contribution is 5.94. The number of hydrogen-bond donors (Lipinski definition) is 2. The number of carbonyl (C=O) groups excluding carboxylic acids is 1. The molecule has 2 amide bonds. The first-order chi connectivity index (χ1) is 11.8. The van der Waals surface area contributed by atoms with Crippen LogP contribution in [0.1, 0.15) is 6.42 Å². The molecule has 122 valence electrons. The van der Waals surface area contributed by atoms with E-state index in [-0.39, 0.29) is 6.03 Å². The van der Waals surface area contributed by atoms with Gasteiger partial charge in [0.2, 0.25) is 0 Å². The predicted octanol–water partition coefficient (Wildman–Crippen LogP) is 3.76. The molecule has 0 saturated heterocycles. The van der Waals surface area contributed by atoms with Crippen LogP contribution in [0.5, 0.6) is 0 Å². The lowest BCUT2D eigenvalue weighted by Gasteiger charge is -2.12. The standard InChI is InChI=1S/C19H20N4O/c24-19(21-11-6-13-23-14-12-20-15-23)22-18-10-5-4-9-17(18)16-7-2-1-3-8-16/h1-5,7-10,12,14-15H,6,11,13H2,(H2,21,22,24). The molecule has 0 aliphatic rings. The Morgan fingerprint density at radius 2 is 1.83 bits per heavy atom. The van der Waals surface area contributed by atoms with Crippen molar-refractivity contribution in [3.8, 4) is 11.1 Å². The van der Waals surface area contributed by atoms with E-state index in [0.717, 1.165) is 29.8 Å². The van der Waals surface area contributed by atoms with Crippen molar-refractivity contribution >= 4 is 11.7 Å². The van der Waals surface area contributed by atoms with Gasteiger partial charge in [-0.1, -0.05) is 48.5 Å². The Labute approximate surface area is 141 Å². The fourth-order valence-electron chi connectivity index (χ4n) is 2.51. The molecule has 0 aliphatic carbocycles. The number of urea groups is 1. The zero-order valence-corrected chi connectivity index (χ0v) is 13.4. The fraction of sp³-hybridized carbons (Fsp3) is 0.158. The van der Waals surface area contributed by atoms with Gasteiger partial charge >= 0.3 is 6.03 Å². The molecule has 0 fully saturated rings. The average molecular weight is 320 g/mol. The summed E-state index contributed by atoms with van der Waals surface area (Å²) in [6.07, 6.45) is 6.29. The van der Waals surface area contributed by atoms with Gasteiger partial charge in [0.05, 0.1) is 12.0 Å². The number of nitrogens with one attached hydrogen (secondary N) is 2. The van der Waals surface area contributed by atoms with Gasteiger partial charge in [-0.05, 0) is 18.1 Å². The van der Waals surface area contributed by atoms with Gasteiger partial charge in [-0.15, -0.1) is 0 Å². The van der Waals surface area contributed by atoms with E-state index in [1.807, 2.05) is 65.4 Å². The molecule has 0 unspecified atom stereocenters. The lowest BCUT2D eigenvalue weighted by atomic mass is 10.0. The molecule has 24 heavy (non-hydrogen) atoms. The van der Waals surface area contributed by atoms with E-state index < -0.39 is 0 Å². The topological polar surface area (TPSA) is 59.0 Å². The van der Waals surface area contributed by atoms with Crippen LogP contribution in [-0.2, 0) is 6.54 Å². The molecule has 0 aliphatic heterocycles. The summed E-state index contributed by atoms with van der Waals surface area (Å²) in [5.41, 5.74) is 2.89. The van der Waals surface area contributed by atoms with Crippen molar-refractivity contribution in [2.24, 2.45) is 0 Å². The Hall–Kier alpha value is -3.08. The number of rotatable bonds is 6. The van der Waals surface area contributed by atoms with Crippen molar-refractivity contribution in [2.75, 3.05) is 11.9 Å². The van der Waals surface area contributed by atoms with Crippen LogP contribution in [0.25, 0.3) is 11.1 Å². The monoisotopic (exact) mass is 320 g/mol. The minimum absolute atomic E-state index is 0.191. The lowest BCUT2D eigenvalue weighted by molar-refractivity contribution is 0.252. The number of benzene rings is 2. The normalized spacial score (nSPS) is 10.3. The summed E-state index contributed by atoms with van der Waals surface area (Å²) in [5, 5.41) is 5.82. The Bertz CT molecular complexity index is 769. The van der Waals surface area contributed by atoms with Crippen LogP contribution < -0.4 is 10.6 Å².